The maximum Gasteiger partial charge on any atom is 0.253 e. The molecule has 0 aliphatic rings. The van der Waals surface area contributed by atoms with E-state index in [1.807, 2.05) is 0 Å². The molecule has 0 saturated carbocycles. The molecule has 78 valence electrons. The standard InChI is InChI=1S/C9H9N3O3/c1-11(2)9(13)6-3-4-7-8(5-6)12(14)15-10-7/h3-5H,1-2H3. The molecule has 0 aliphatic heterocycles. The van der Waals surface area contributed by atoms with Gasteiger partial charge in [-0.25, -0.2) is 0 Å². The third-order valence-electron chi connectivity index (χ3n) is 2.04. The summed E-state index contributed by atoms with van der Waals surface area (Å²) < 4.78 is 4.40. The van der Waals surface area contributed by atoms with Crippen LogP contribution in [-0.2, 0) is 0 Å². The maximum absolute atomic E-state index is 11.6. The van der Waals surface area contributed by atoms with Crippen molar-refractivity contribution < 1.29 is 14.3 Å². The Morgan fingerprint density at radius 1 is 1.53 bits per heavy atom. The van der Waals surface area contributed by atoms with Crippen molar-refractivity contribution in [1.82, 2.24) is 10.1 Å². The first-order chi connectivity index (χ1) is 7.09. The quantitative estimate of drug-likeness (QED) is 0.624. The van der Waals surface area contributed by atoms with Crippen LogP contribution in [0.1, 0.15) is 10.4 Å². The van der Waals surface area contributed by atoms with Crippen LogP contribution in [0.25, 0.3) is 11.0 Å². The van der Waals surface area contributed by atoms with Gasteiger partial charge in [-0.05, 0) is 17.0 Å². The monoisotopic (exact) mass is 207 g/mol. The summed E-state index contributed by atoms with van der Waals surface area (Å²) in [6, 6.07) is 4.64. The van der Waals surface area contributed by atoms with Crippen molar-refractivity contribution in [2.24, 2.45) is 0 Å². The lowest BCUT2D eigenvalue weighted by molar-refractivity contribution is -0.782. The molecular weight excluding hydrogens is 198 g/mol. The van der Waals surface area contributed by atoms with Crippen molar-refractivity contribution in [3.8, 4) is 0 Å². The fourth-order valence-corrected chi connectivity index (χ4v) is 1.26. The molecule has 0 spiro atoms. The first kappa shape index (κ1) is 9.45. The molecule has 0 aliphatic carbocycles. The summed E-state index contributed by atoms with van der Waals surface area (Å²) in [5, 5.41) is 14.6. The number of hydrogen-bond acceptors (Lipinski definition) is 4. The molecule has 0 N–H and O–H groups in total. The highest BCUT2D eigenvalue weighted by Gasteiger charge is 2.14. The number of rotatable bonds is 1. The van der Waals surface area contributed by atoms with E-state index in [1.54, 1.807) is 26.2 Å². The first-order valence-electron chi connectivity index (χ1n) is 4.31. The summed E-state index contributed by atoms with van der Waals surface area (Å²) in [4.78, 5) is 13.3. The fourth-order valence-electron chi connectivity index (χ4n) is 1.26. The van der Waals surface area contributed by atoms with Crippen LogP contribution in [0.4, 0.5) is 0 Å². The lowest BCUT2D eigenvalue weighted by Gasteiger charge is -2.08. The molecule has 1 heterocycles. The van der Waals surface area contributed by atoms with Crippen molar-refractivity contribution in [2.75, 3.05) is 14.1 Å². The molecule has 0 fully saturated rings. The molecule has 2 rings (SSSR count). The highest BCUT2D eigenvalue weighted by molar-refractivity contribution is 5.96. The number of aromatic nitrogens is 2. The third-order valence-corrected chi connectivity index (χ3v) is 2.04. The van der Waals surface area contributed by atoms with Gasteiger partial charge in [0.15, 0.2) is 0 Å². The fraction of sp³-hybridized carbons (Fsp3) is 0.222. The Morgan fingerprint density at radius 2 is 2.27 bits per heavy atom. The van der Waals surface area contributed by atoms with Crippen molar-refractivity contribution in [1.29, 1.82) is 0 Å². The minimum Gasteiger partial charge on any atom is -0.359 e. The second-order valence-electron chi connectivity index (χ2n) is 3.33. The number of amides is 1. The van der Waals surface area contributed by atoms with Gasteiger partial charge >= 0.3 is 0 Å². The van der Waals surface area contributed by atoms with E-state index in [2.05, 4.69) is 9.79 Å². The first-order valence-corrected chi connectivity index (χ1v) is 4.31. The molecule has 1 amide bonds. The molecule has 6 heteroatoms. The molecule has 1 aromatic heterocycles. The normalized spacial score (nSPS) is 10.5. The molecule has 0 saturated heterocycles. The van der Waals surface area contributed by atoms with Gasteiger partial charge in [-0.3, -0.25) is 9.42 Å². The van der Waals surface area contributed by atoms with E-state index < -0.39 is 0 Å². The molecule has 6 nitrogen and oxygen atoms in total. The van der Waals surface area contributed by atoms with Gasteiger partial charge in [0.05, 0.1) is 0 Å². The zero-order chi connectivity index (χ0) is 11.0. The van der Waals surface area contributed by atoms with E-state index in [-0.39, 0.29) is 16.3 Å². The van der Waals surface area contributed by atoms with E-state index in [0.29, 0.717) is 11.1 Å². The van der Waals surface area contributed by atoms with E-state index in [1.165, 1.54) is 11.0 Å². The van der Waals surface area contributed by atoms with Crippen LogP contribution in [0.5, 0.6) is 0 Å². The SMILES string of the molecule is CN(C)C(=O)c1ccc2no[n+]([O-])c2c1. The van der Waals surface area contributed by atoms with Crippen LogP contribution in [0, 0.1) is 5.21 Å². The smallest absolute Gasteiger partial charge is 0.253 e. The van der Waals surface area contributed by atoms with E-state index in [0.717, 1.165) is 0 Å². The van der Waals surface area contributed by atoms with Crippen LogP contribution in [0.2, 0.25) is 0 Å². The molecule has 2 aromatic rings. The van der Waals surface area contributed by atoms with Gasteiger partial charge in [-0.2, -0.15) is 0 Å². The molecular formula is C9H9N3O3. The largest absolute Gasteiger partial charge is 0.359 e. The third kappa shape index (κ3) is 1.50. The maximum atomic E-state index is 11.6. The van der Waals surface area contributed by atoms with Gasteiger partial charge in [0.1, 0.15) is 0 Å². The zero-order valence-corrected chi connectivity index (χ0v) is 8.30. The Labute approximate surface area is 85.2 Å². The molecule has 1 aromatic carbocycles. The highest BCUT2D eigenvalue weighted by Crippen LogP contribution is 2.11. The highest BCUT2D eigenvalue weighted by atomic mass is 16.8. The van der Waals surface area contributed by atoms with E-state index >= 15 is 0 Å². The Hall–Kier alpha value is -2.11. The Kier molecular flexibility index (Phi) is 2.03. The lowest BCUT2D eigenvalue weighted by atomic mass is 10.2. The predicted octanol–water partition coefficient (Wildman–Crippen LogP) is 0.163. The van der Waals surface area contributed by atoms with Gasteiger partial charge in [0, 0.05) is 30.9 Å². The van der Waals surface area contributed by atoms with E-state index in [9.17, 15) is 10.0 Å². The average molecular weight is 207 g/mol. The lowest BCUT2D eigenvalue weighted by Crippen LogP contribution is -2.24. The average Bonchev–Trinajstić information content (AvgIpc) is 2.59. The van der Waals surface area contributed by atoms with Gasteiger partial charge in [0.2, 0.25) is 11.0 Å². The second-order valence-corrected chi connectivity index (χ2v) is 3.33. The summed E-state index contributed by atoms with van der Waals surface area (Å²) in [5.41, 5.74) is 1.11. The van der Waals surface area contributed by atoms with Crippen LogP contribution >= 0.6 is 0 Å². The van der Waals surface area contributed by atoms with Gasteiger partial charge in [0.25, 0.3) is 5.91 Å². The zero-order valence-electron chi connectivity index (χ0n) is 8.30. The Morgan fingerprint density at radius 3 is 2.93 bits per heavy atom. The minimum absolute atomic E-state index is 0.168. The van der Waals surface area contributed by atoms with Crippen molar-refractivity contribution in [3.05, 3.63) is 29.0 Å². The summed E-state index contributed by atoms with van der Waals surface area (Å²) in [6.07, 6.45) is 0. The molecule has 0 unspecified atom stereocenters. The second kappa shape index (κ2) is 3.23. The van der Waals surface area contributed by atoms with E-state index in [4.69, 9.17) is 0 Å². The molecule has 0 radical (unpaired) electrons. The minimum atomic E-state index is -0.168. The van der Waals surface area contributed by atoms with Gasteiger partial charge < -0.3 is 10.1 Å². The van der Waals surface area contributed by atoms with Crippen molar-refractivity contribution >= 4 is 16.9 Å². The number of nitrogens with zero attached hydrogens (tertiary/aromatic N) is 3. The van der Waals surface area contributed by atoms with Crippen molar-refractivity contribution in [2.45, 2.75) is 0 Å². The van der Waals surface area contributed by atoms with Gasteiger partial charge in [-0.1, -0.05) is 0 Å². The summed E-state index contributed by atoms with van der Waals surface area (Å²) >= 11 is 0. The molecule has 0 atom stereocenters. The molecule has 15 heavy (non-hydrogen) atoms. The topological polar surface area (TPSA) is 73.3 Å². The summed E-state index contributed by atoms with van der Waals surface area (Å²) in [7, 11) is 3.29. The van der Waals surface area contributed by atoms with Crippen LogP contribution in [0.3, 0.4) is 0 Å². The summed E-state index contributed by atoms with van der Waals surface area (Å²) in [6.45, 7) is 0. The number of carbonyl (C=O) groups excluding carboxylic acids is 1. The van der Waals surface area contributed by atoms with Crippen LogP contribution in [-0.4, -0.2) is 30.1 Å². The number of carbonyl (C=O) groups is 1. The molecule has 0 bridgehead atoms. The number of hydrogen-bond donors (Lipinski definition) is 0. The Balaban J connectivity index is 2.55. The summed E-state index contributed by atoms with van der Waals surface area (Å²) in [5.74, 6) is -0.168. The van der Waals surface area contributed by atoms with Crippen LogP contribution < -0.4 is 4.90 Å². The predicted molar refractivity (Wildman–Crippen MR) is 51.0 cm³/mol. The van der Waals surface area contributed by atoms with Gasteiger partial charge in [-0.15, -0.1) is 0 Å². The Bertz CT molecular complexity index is 518. The van der Waals surface area contributed by atoms with Crippen molar-refractivity contribution in [3.63, 3.8) is 0 Å². The number of fused-ring (bicyclic) bond motifs is 1. The van der Waals surface area contributed by atoms with Crippen LogP contribution in [0.15, 0.2) is 22.8 Å². The number of benzene rings is 1.